The number of thiophene rings is 2. The number of ketones is 4. The molecular weight excluding hydrogens is 659 g/mol. The minimum Gasteiger partial charge on any atom is -0.442 e. The van der Waals surface area contributed by atoms with Crippen LogP contribution in [0.1, 0.15) is 47.2 Å². The molecule has 0 N–H and O–H groups in total. The molecule has 234 valence electrons. The van der Waals surface area contributed by atoms with E-state index in [0.717, 1.165) is 19.8 Å². The maximum atomic E-state index is 13.2. The smallest absolute Gasteiger partial charge is 0.442 e. The second-order valence-electron chi connectivity index (χ2n) is 11.5. The zero-order valence-corrected chi connectivity index (χ0v) is 26.8. The summed E-state index contributed by atoms with van der Waals surface area (Å²) in [4.78, 5) is 66.9. The minimum absolute atomic E-state index is 0.0389. The molecule has 0 aliphatic heterocycles. The highest BCUT2D eigenvalue weighted by Gasteiger charge is 2.34. The maximum absolute atomic E-state index is 13.2. The summed E-state index contributed by atoms with van der Waals surface area (Å²) in [5.41, 5.74) is 4.24. The van der Waals surface area contributed by atoms with Gasteiger partial charge < -0.3 is 4.74 Å². The Balaban J connectivity index is 1.21. The molecular formula is C38H19N3O6S2. The third-order valence-electron chi connectivity index (χ3n) is 8.60. The average Bonchev–Trinajstić information content (AvgIpc) is 3.94. The Kier molecular flexibility index (Phi) is 6.48. The molecule has 0 amide bonds. The number of aromatic nitrogens is 3. The van der Waals surface area contributed by atoms with Crippen LogP contribution < -0.4 is 0 Å². The lowest BCUT2D eigenvalue weighted by Crippen LogP contribution is -2.16. The highest BCUT2D eigenvalue weighted by molar-refractivity contribution is 7.28. The molecule has 49 heavy (non-hydrogen) atoms. The number of allylic oxidation sites excluding steroid dienone is 2. The molecule has 11 heteroatoms. The van der Waals surface area contributed by atoms with E-state index >= 15 is 0 Å². The zero-order valence-electron chi connectivity index (χ0n) is 25.1. The van der Waals surface area contributed by atoms with E-state index in [2.05, 4.69) is 10.2 Å². The monoisotopic (exact) mass is 677 g/mol. The van der Waals surface area contributed by atoms with E-state index in [-0.39, 0.29) is 6.61 Å². The van der Waals surface area contributed by atoms with Crippen molar-refractivity contribution in [3.8, 4) is 0 Å². The van der Waals surface area contributed by atoms with Gasteiger partial charge in [-0.3, -0.25) is 19.2 Å². The number of nitrogens with zero attached hydrogens (tertiary/aromatic N) is 3. The van der Waals surface area contributed by atoms with Gasteiger partial charge in [-0.15, -0.1) is 32.9 Å². The Morgan fingerprint density at radius 3 is 1.55 bits per heavy atom. The molecule has 0 radical (unpaired) electrons. The fraction of sp³-hybridized carbons (Fsp3) is 0.0263. The third-order valence-corrected chi connectivity index (χ3v) is 10.9. The maximum Gasteiger partial charge on any atom is 0.452 e. The largest absolute Gasteiger partial charge is 0.452 e. The molecule has 7 aromatic rings. The van der Waals surface area contributed by atoms with Crippen molar-refractivity contribution < 1.29 is 28.7 Å². The van der Waals surface area contributed by atoms with Gasteiger partial charge in [-0.2, -0.15) is 0 Å². The van der Waals surface area contributed by atoms with Crippen molar-refractivity contribution in [2.24, 2.45) is 0 Å². The van der Waals surface area contributed by atoms with Crippen LogP contribution >= 0.6 is 22.7 Å². The van der Waals surface area contributed by atoms with Gasteiger partial charge in [0.05, 0.1) is 9.40 Å². The van der Waals surface area contributed by atoms with Gasteiger partial charge in [-0.25, -0.2) is 4.79 Å². The van der Waals surface area contributed by atoms with E-state index in [4.69, 9.17) is 4.74 Å². The van der Waals surface area contributed by atoms with Crippen LogP contribution in [0.5, 0.6) is 0 Å². The first-order valence-electron chi connectivity index (χ1n) is 15.1. The molecule has 4 aromatic carbocycles. The van der Waals surface area contributed by atoms with Gasteiger partial charge in [-0.05, 0) is 41.0 Å². The van der Waals surface area contributed by atoms with Crippen LogP contribution in [0.25, 0.3) is 54.5 Å². The van der Waals surface area contributed by atoms with Crippen molar-refractivity contribution in [3.63, 3.8) is 0 Å². The molecule has 9 nitrogen and oxygen atoms in total. The molecule has 0 unspecified atom stereocenters. The fourth-order valence-electron chi connectivity index (χ4n) is 6.32. The number of Topliss-reactive ketones (excluding diaryl/α,β-unsaturated/α-hetero) is 4. The molecule has 0 saturated carbocycles. The van der Waals surface area contributed by atoms with Gasteiger partial charge in [0, 0.05) is 42.8 Å². The summed E-state index contributed by atoms with van der Waals surface area (Å²) in [5, 5.41) is 10.5. The van der Waals surface area contributed by atoms with Crippen LogP contribution in [0, 0.1) is 0 Å². The van der Waals surface area contributed by atoms with Gasteiger partial charge in [0.2, 0.25) is 23.1 Å². The Morgan fingerprint density at radius 1 is 0.612 bits per heavy atom. The average molecular weight is 678 g/mol. The standard InChI is InChI=1S/C38H19N3O6S2/c42-32-24-12-6-4-10-22(24)26(34(32)44)14-20-16-28-30-31(40-41(39-30)38(46)47-18-19-8-2-1-3-9-19)29-17-21(49-37(29)36(28)48-20)15-27-23-11-5-7-13-25(23)33(43)35(27)45/h1-17H,18H2/b26-14-,27-15-. The Bertz CT molecular complexity index is 2550. The molecule has 0 fully saturated rings. The van der Waals surface area contributed by atoms with Gasteiger partial charge in [0.25, 0.3) is 0 Å². The van der Waals surface area contributed by atoms with Crippen molar-refractivity contribution in [2.75, 3.05) is 0 Å². The summed E-state index contributed by atoms with van der Waals surface area (Å²) < 4.78 is 7.17. The number of carbonyl (C=O) groups is 5. The van der Waals surface area contributed by atoms with E-state index in [9.17, 15) is 24.0 Å². The molecule has 2 aliphatic carbocycles. The summed E-state index contributed by atoms with van der Waals surface area (Å²) in [7, 11) is 0. The van der Waals surface area contributed by atoms with Crippen LogP contribution in [0.2, 0.25) is 0 Å². The van der Waals surface area contributed by atoms with Crippen LogP contribution in [-0.4, -0.2) is 44.2 Å². The van der Waals surface area contributed by atoms with Crippen molar-refractivity contribution in [2.45, 2.75) is 6.61 Å². The van der Waals surface area contributed by atoms with Crippen LogP contribution in [0.3, 0.4) is 0 Å². The lowest BCUT2D eigenvalue weighted by Gasteiger charge is -2.02. The fourth-order valence-corrected chi connectivity index (χ4v) is 8.68. The van der Waals surface area contributed by atoms with Crippen LogP contribution in [0.4, 0.5) is 4.79 Å². The van der Waals surface area contributed by atoms with Crippen LogP contribution in [0.15, 0.2) is 91.0 Å². The first-order valence-corrected chi connectivity index (χ1v) is 16.8. The van der Waals surface area contributed by atoms with E-state index in [0.29, 0.717) is 65.0 Å². The normalized spacial score (nSPS) is 15.8. The molecule has 9 rings (SSSR count). The number of ether oxygens (including phenoxy) is 1. The molecule has 3 aromatic heterocycles. The minimum atomic E-state index is -0.755. The van der Waals surface area contributed by atoms with Crippen molar-refractivity contribution >= 4 is 106 Å². The topological polar surface area (TPSA) is 125 Å². The first-order chi connectivity index (χ1) is 23.9. The summed E-state index contributed by atoms with van der Waals surface area (Å²) in [6.45, 7) is 0.0389. The number of benzene rings is 4. The quantitative estimate of drug-likeness (QED) is 0.137. The van der Waals surface area contributed by atoms with Gasteiger partial charge in [0.1, 0.15) is 17.6 Å². The summed E-state index contributed by atoms with van der Waals surface area (Å²) >= 11 is 2.83. The highest BCUT2D eigenvalue weighted by Crippen LogP contribution is 2.45. The number of carbonyl (C=O) groups excluding carboxylic acids is 5. The summed E-state index contributed by atoms with van der Waals surface area (Å²) in [5.74, 6) is -2.21. The predicted molar refractivity (Wildman–Crippen MR) is 188 cm³/mol. The number of hydrogen-bond donors (Lipinski definition) is 0. The van der Waals surface area contributed by atoms with E-state index in [1.165, 1.54) is 22.7 Å². The molecule has 2 aliphatic rings. The molecule has 0 saturated heterocycles. The molecule has 0 spiro atoms. The number of hydrogen-bond acceptors (Lipinski definition) is 10. The van der Waals surface area contributed by atoms with Crippen molar-refractivity contribution in [1.29, 1.82) is 0 Å². The predicted octanol–water partition coefficient (Wildman–Crippen LogP) is 7.66. The second-order valence-corrected chi connectivity index (χ2v) is 13.7. The zero-order chi connectivity index (χ0) is 33.4. The summed E-state index contributed by atoms with van der Waals surface area (Å²) in [6.07, 6.45) is 2.67. The molecule has 0 bridgehead atoms. The lowest BCUT2D eigenvalue weighted by atomic mass is 10.1. The second kappa shape index (κ2) is 10.9. The Hall–Kier alpha value is -6.17. The van der Waals surface area contributed by atoms with Gasteiger partial charge >= 0.3 is 6.09 Å². The molecule has 0 atom stereocenters. The van der Waals surface area contributed by atoms with E-state index in [1.807, 2.05) is 42.5 Å². The first kappa shape index (κ1) is 29.0. The van der Waals surface area contributed by atoms with E-state index < -0.39 is 29.2 Å². The summed E-state index contributed by atoms with van der Waals surface area (Å²) in [6, 6.07) is 26.8. The lowest BCUT2D eigenvalue weighted by molar-refractivity contribution is -0.110. The third kappa shape index (κ3) is 4.55. The Labute approximate surface area is 284 Å². The van der Waals surface area contributed by atoms with Gasteiger partial charge in [0.15, 0.2) is 0 Å². The number of fused-ring (bicyclic) bond motifs is 8. The van der Waals surface area contributed by atoms with Crippen molar-refractivity contribution in [3.05, 3.63) is 129 Å². The number of rotatable bonds is 4. The van der Waals surface area contributed by atoms with Crippen LogP contribution in [-0.2, 0) is 20.9 Å². The highest BCUT2D eigenvalue weighted by atomic mass is 32.1. The van der Waals surface area contributed by atoms with Crippen molar-refractivity contribution in [1.82, 2.24) is 15.0 Å². The van der Waals surface area contributed by atoms with E-state index in [1.54, 1.807) is 60.7 Å². The Morgan fingerprint density at radius 2 is 1.06 bits per heavy atom. The van der Waals surface area contributed by atoms with Gasteiger partial charge in [-0.1, -0.05) is 83.7 Å². The SMILES string of the molecule is O=C1C(=O)c2ccccc2/C1=C/c1cc2c3nn(C(=O)OCc4ccccc4)nc3c3cc(/C=C4\C(=O)C(=O)c5ccccc54)sc3c2s1. The molecule has 3 heterocycles.